The molecule has 0 saturated carbocycles. The first-order chi connectivity index (χ1) is 19.9. The van der Waals surface area contributed by atoms with Crippen LogP contribution in [0.2, 0.25) is 0 Å². The molecule has 0 saturated heterocycles. The Morgan fingerprint density at radius 3 is 2.50 bits per heavy atom. The number of rotatable bonds is 10. The van der Waals surface area contributed by atoms with Crippen molar-refractivity contribution in [3.8, 4) is 5.69 Å². The molecule has 2 aromatic rings. The van der Waals surface area contributed by atoms with E-state index in [0.29, 0.717) is 52.9 Å². The number of hydrogen-bond acceptors (Lipinski definition) is 8. The number of nitrogens with two attached hydrogens (primary N) is 1. The zero-order valence-corrected chi connectivity index (χ0v) is 27.0. The zero-order chi connectivity index (χ0) is 31.9. The summed E-state index contributed by atoms with van der Waals surface area (Å²) in [5.74, 6) is -2.76. The van der Waals surface area contributed by atoms with Gasteiger partial charge in [-0.2, -0.15) is 5.10 Å². The fraction of sp³-hybridized carbons (Fsp3) is 0.516. The smallest absolute Gasteiger partial charge is 0.310 e. The number of fused-ring (bicyclic) bond motifs is 1. The van der Waals surface area contributed by atoms with Crippen molar-refractivity contribution < 1.29 is 49.9 Å². The molecule has 3 atom stereocenters. The van der Waals surface area contributed by atoms with Crippen LogP contribution in [0.4, 0.5) is 10.1 Å². The third-order valence-corrected chi connectivity index (χ3v) is 7.43. The summed E-state index contributed by atoms with van der Waals surface area (Å²) in [6.07, 6.45) is 3.46. The van der Waals surface area contributed by atoms with Gasteiger partial charge < -0.3 is 37.4 Å². The molecule has 240 valence electrons. The summed E-state index contributed by atoms with van der Waals surface area (Å²) < 4.78 is 28.4. The number of halogens is 2. The van der Waals surface area contributed by atoms with Gasteiger partial charge in [-0.15, -0.1) is 0 Å². The van der Waals surface area contributed by atoms with Crippen molar-refractivity contribution in [2.75, 3.05) is 33.0 Å². The predicted octanol–water partition coefficient (Wildman–Crippen LogP) is 0.258. The SMILES string of the molecule is CC(=O)OC(CC(=O)OC1C=CC(Nc2cc(-n3nc(C)c4c3CC(C)(C)CC4=O)cc(F)c2C(N)=O)C1)C[N+](C)(C)C.[Cl-]. The minimum absolute atomic E-state index is 0. The predicted molar refractivity (Wildman–Crippen MR) is 157 cm³/mol. The molecule has 1 aromatic heterocycles. The molecule has 13 heteroatoms. The molecule has 0 radical (unpaired) electrons. The normalized spacial score (nSPS) is 19.5. The second kappa shape index (κ2) is 13.1. The first-order valence-electron chi connectivity index (χ1n) is 14.3. The first kappa shape index (κ1) is 34.7. The number of benzene rings is 1. The number of nitrogens with one attached hydrogen (secondary N) is 1. The van der Waals surface area contributed by atoms with E-state index in [-0.39, 0.29) is 41.3 Å². The van der Waals surface area contributed by atoms with Gasteiger partial charge in [0, 0.05) is 31.9 Å². The molecule has 1 heterocycles. The van der Waals surface area contributed by atoms with E-state index in [2.05, 4.69) is 10.4 Å². The largest absolute Gasteiger partial charge is 1.00 e. The van der Waals surface area contributed by atoms with Crippen LogP contribution in [0.5, 0.6) is 0 Å². The van der Waals surface area contributed by atoms with Gasteiger partial charge in [0.25, 0.3) is 5.91 Å². The van der Waals surface area contributed by atoms with E-state index in [9.17, 15) is 19.2 Å². The van der Waals surface area contributed by atoms with E-state index in [1.54, 1.807) is 29.8 Å². The lowest BCUT2D eigenvalue weighted by molar-refractivity contribution is -0.873. The number of carbonyl (C=O) groups is 4. The molecule has 0 aliphatic heterocycles. The average Bonchev–Trinajstić information content (AvgIpc) is 3.39. The summed E-state index contributed by atoms with van der Waals surface area (Å²) in [5, 5.41) is 7.71. The average molecular weight is 634 g/mol. The summed E-state index contributed by atoms with van der Waals surface area (Å²) in [7, 11) is 5.79. The van der Waals surface area contributed by atoms with E-state index >= 15 is 4.39 Å². The van der Waals surface area contributed by atoms with Crippen LogP contribution >= 0.6 is 0 Å². The second-order valence-electron chi connectivity index (χ2n) is 13.3. The number of primary amides is 1. The van der Waals surface area contributed by atoms with E-state index < -0.39 is 41.9 Å². The maximum Gasteiger partial charge on any atom is 0.310 e. The fourth-order valence-corrected chi connectivity index (χ4v) is 5.88. The maximum absolute atomic E-state index is 15.4. The van der Waals surface area contributed by atoms with Crippen molar-refractivity contribution in [3.63, 3.8) is 0 Å². The summed E-state index contributed by atoms with van der Waals surface area (Å²) in [6.45, 7) is 7.48. The van der Waals surface area contributed by atoms with Crippen LogP contribution in [-0.2, 0) is 25.5 Å². The van der Waals surface area contributed by atoms with Gasteiger partial charge >= 0.3 is 11.9 Å². The van der Waals surface area contributed by atoms with Gasteiger partial charge in [0.1, 0.15) is 18.5 Å². The first-order valence-corrected chi connectivity index (χ1v) is 14.3. The molecular formula is C31H41ClFN5O6. The summed E-state index contributed by atoms with van der Waals surface area (Å²) >= 11 is 0. The quantitative estimate of drug-likeness (QED) is 0.216. The topological polar surface area (TPSA) is 143 Å². The Bertz CT molecular complexity index is 1500. The molecule has 2 aliphatic carbocycles. The number of aromatic nitrogens is 2. The monoisotopic (exact) mass is 633 g/mol. The number of anilines is 1. The lowest BCUT2D eigenvalue weighted by atomic mass is 9.75. The number of amides is 1. The highest BCUT2D eigenvalue weighted by Gasteiger charge is 2.36. The number of aryl methyl sites for hydroxylation is 1. The third-order valence-electron chi connectivity index (χ3n) is 7.43. The number of Topliss-reactive ketones (excluding diaryl/α,β-unsaturated/α-hetero) is 1. The Morgan fingerprint density at radius 2 is 1.89 bits per heavy atom. The summed E-state index contributed by atoms with van der Waals surface area (Å²) in [6, 6.07) is 2.37. The highest BCUT2D eigenvalue weighted by Crippen LogP contribution is 2.38. The fourth-order valence-electron chi connectivity index (χ4n) is 5.88. The van der Waals surface area contributed by atoms with E-state index in [0.717, 1.165) is 0 Å². The van der Waals surface area contributed by atoms with Crippen LogP contribution in [0, 0.1) is 18.2 Å². The van der Waals surface area contributed by atoms with Gasteiger partial charge in [0.2, 0.25) is 0 Å². The molecule has 0 spiro atoms. The van der Waals surface area contributed by atoms with E-state index in [1.807, 2.05) is 35.0 Å². The van der Waals surface area contributed by atoms with Gasteiger partial charge in [0.05, 0.1) is 61.5 Å². The third kappa shape index (κ3) is 8.23. The minimum Gasteiger partial charge on any atom is -1.00 e. The van der Waals surface area contributed by atoms with Crippen molar-refractivity contribution in [3.05, 3.63) is 52.6 Å². The van der Waals surface area contributed by atoms with E-state index in [1.165, 1.54) is 13.0 Å². The van der Waals surface area contributed by atoms with Crippen molar-refractivity contribution in [1.29, 1.82) is 0 Å². The highest BCUT2D eigenvalue weighted by molar-refractivity contribution is 6.00. The van der Waals surface area contributed by atoms with Crippen molar-refractivity contribution in [2.24, 2.45) is 11.1 Å². The lowest BCUT2D eigenvalue weighted by Crippen LogP contribution is -3.00. The van der Waals surface area contributed by atoms with Crippen LogP contribution < -0.4 is 23.5 Å². The standard InChI is InChI=1S/C31H40FN5O6.ClH/c1-17-28-25(14-31(3,4)15-26(28)39)36(35-17)20-11-23(32)29(30(33)41)24(12-20)34-19-8-9-21(10-19)43-27(40)13-22(42-18(2)38)16-37(5,6)7;/h8-9,11-12,19,21-22H,10,13-16H2,1-7H3,(H2-,33,34,41);1H. The van der Waals surface area contributed by atoms with Crippen molar-refractivity contribution in [1.82, 2.24) is 9.78 Å². The Hall–Kier alpha value is -3.77. The number of ketones is 1. The van der Waals surface area contributed by atoms with Crippen LogP contribution in [0.15, 0.2) is 24.3 Å². The van der Waals surface area contributed by atoms with E-state index in [4.69, 9.17) is 15.2 Å². The number of hydrogen-bond donors (Lipinski definition) is 2. The summed E-state index contributed by atoms with van der Waals surface area (Å²) in [5.41, 5.74) is 7.27. The molecule has 1 aromatic carbocycles. The zero-order valence-electron chi connectivity index (χ0n) is 26.2. The van der Waals surface area contributed by atoms with Gasteiger partial charge in [-0.3, -0.25) is 19.2 Å². The molecule has 44 heavy (non-hydrogen) atoms. The number of likely N-dealkylation sites (N-methyl/N-ethyl adjacent to an activating group) is 1. The van der Waals surface area contributed by atoms with Crippen molar-refractivity contribution in [2.45, 2.75) is 71.6 Å². The Morgan fingerprint density at radius 1 is 1.20 bits per heavy atom. The number of nitrogens with zero attached hydrogens (tertiary/aromatic N) is 3. The number of carbonyl (C=O) groups excluding carboxylic acids is 4. The van der Waals surface area contributed by atoms with Crippen LogP contribution in [0.3, 0.4) is 0 Å². The number of quaternary nitrogens is 1. The molecule has 4 rings (SSSR count). The lowest BCUT2D eigenvalue weighted by Gasteiger charge is -2.29. The van der Waals surface area contributed by atoms with Crippen LogP contribution in [-0.4, -0.2) is 83.8 Å². The molecule has 0 bridgehead atoms. The molecule has 3 N–H and O–H groups in total. The van der Waals surface area contributed by atoms with Crippen molar-refractivity contribution >= 4 is 29.3 Å². The number of ether oxygens (including phenoxy) is 2. The molecule has 3 unspecified atom stereocenters. The van der Waals surface area contributed by atoms with Gasteiger partial charge in [-0.1, -0.05) is 19.9 Å². The van der Waals surface area contributed by atoms with Gasteiger partial charge in [-0.05, 0) is 30.9 Å². The molecule has 1 amide bonds. The maximum atomic E-state index is 15.4. The van der Waals surface area contributed by atoms with Gasteiger partial charge in [-0.25, -0.2) is 9.07 Å². The Balaban J connectivity index is 0.00000529. The summed E-state index contributed by atoms with van der Waals surface area (Å²) in [4.78, 5) is 49.4. The molecule has 0 fully saturated rings. The molecule has 11 nitrogen and oxygen atoms in total. The van der Waals surface area contributed by atoms with Crippen LogP contribution in [0.1, 0.15) is 72.1 Å². The Kier molecular flexibility index (Phi) is 10.3. The number of esters is 2. The minimum atomic E-state index is -0.944. The molecular weight excluding hydrogens is 593 g/mol. The van der Waals surface area contributed by atoms with Gasteiger partial charge in [0.15, 0.2) is 11.9 Å². The Labute approximate surface area is 262 Å². The second-order valence-corrected chi connectivity index (χ2v) is 13.3. The van der Waals surface area contributed by atoms with Crippen LogP contribution in [0.25, 0.3) is 5.69 Å². The molecule has 2 aliphatic rings. The highest BCUT2D eigenvalue weighted by atomic mass is 35.5.